The fourth-order valence-electron chi connectivity index (χ4n) is 2.02. The van der Waals surface area contributed by atoms with Gasteiger partial charge in [0.25, 0.3) is 0 Å². The van der Waals surface area contributed by atoms with E-state index in [-0.39, 0.29) is 17.1 Å². The number of allylic oxidation sites excluding steroid dienone is 1. The van der Waals surface area contributed by atoms with E-state index in [1.165, 1.54) is 0 Å². The van der Waals surface area contributed by atoms with Crippen LogP contribution in [-0.2, 0) is 9.59 Å². The Balaban J connectivity index is 2.20. The van der Waals surface area contributed by atoms with Gasteiger partial charge in [-0.2, -0.15) is 0 Å². The van der Waals surface area contributed by atoms with E-state index in [9.17, 15) is 9.59 Å². The molecule has 0 aromatic carbocycles. The Hall–Kier alpha value is 0.1000. The summed E-state index contributed by atoms with van der Waals surface area (Å²) in [6, 6.07) is 0. The first-order valence-corrected chi connectivity index (χ1v) is 6.66. The molecule has 1 N–H and O–H groups in total. The van der Waals surface area contributed by atoms with Crippen molar-refractivity contribution in [1.29, 1.82) is 0 Å². The number of alkyl halides is 3. The van der Waals surface area contributed by atoms with Crippen LogP contribution in [0.3, 0.4) is 0 Å². The van der Waals surface area contributed by atoms with Gasteiger partial charge in [0.2, 0.25) is 14.9 Å². The SMILES string of the molecule is O=C1NC(=O)C2C(SC(Cl)(Cl)Cl)CC=CC12. The van der Waals surface area contributed by atoms with Crippen LogP contribution < -0.4 is 5.32 Å². The highest BCUT2D eigenvalue weighted by Gasteiger charge is 2.47. The average Bonchev–Trinajstić information content (AvgIpc) is 2.41. The summed E-state index contributed by atoms with van der Waals surface area (Å²) in [7, 11) is 0. The second-order valence-corrected chi connectivity index (χ2v) is 8.08. The summed E-state index contributed by atoms with van der Waals surface area (Å²) in [5.41, 5.74) is 0. The fourth-order valence-corrected chi connectivity index (χ4v) is 4.04. The second kappa shape index (κ2) is 4.41. The van der Waals surface area contributed by atoms with Crippen molar-refractivity contribution in [2.75, 3.05) is 0 Å². The lowest BCUT2D eigenvalue weighted by atomic mass is 9.85. The highest BCUT2D eigenvalue weighted by Crippen LogP contribution is 2.48. The Kier molecular flexibility index (Phi) is 3.46. The lowest BCUT2D eigenvalue weighted by molar-refractivity contribution is -0.125. The van der Waals surface area contributed by atoms with E-state index < -0.39 is 15.0 Å². The Morgan fingerprint density at radius 1 is 1.31 bits per heavy atom. The van der Waals surface area contributed by atoms with E-state index in [1.807, 2.05) is 6.08 Å². The van der Waals surface area contributed by atoms with Gasteiger partial charge in [-0.25, -0.2) is 0 Å². The molecular weight excluding hydrogens is 293 g/mol. The first kappa shape index (κ1) is 12.6. The van der Waals surface area contributed by atoms with E-state index in [4.69, 9.17) is 34.8 Å². The number of fused-ring (bicyclic) bond motifs is 1. The number of hydrogen-bond donors (Lipinski definition) is 1. The molecule has 1 aliphatic carbocycles. The van der Waals surface area contributed by atoms with Gasteiger partial charge in [-0.15, -0.1) is 11.8 Å². The average molecular weight is 301 g/mol. The highest BCUT2D eigenvalue weighted by atomic mass is 35.6. The number of hydrogen-bond acceptors (Lipinski definition) is 3. The Bertz CT molecular complexity index is 366. The normalized spacial score (nSPS) is 33.8. The van der Waals surface area contributed by atoms with Crippen molar-refractivity contribution in [3.63, 3.8) is 0 Å². The second-order valence-electron chi connectivity index (χ2n) is 3.67. The minimum Gasteiger partial charge on any atom is -0.296 e. The molecule has 1 heterocycles. The molecule has 16 heavy (non-hydrogen) atoms. The molecule has 3 nitrogen and oxygen atoms in total. The Morgan fingerprint density at radius 3 is 2.62 bits per heavy atom. The van der Waals surface area contributed by atoms with E-state index in [1.54, 1.807) is 6.08 Å². The standard InChI is InChI=1S/C9H8Cl3NO2S/c10-9(11,12)16-5-3-1-2-4-6(5)8(15)13-7(4)14/h1-2,4-6H,3H2,(H,13,14,15). The van der Waals surface area contributed by atoms with Gasteiger partial charge >= 0.3 is 0 Å². The molecular formula is C9H8Cl3NO2S. The smallest absolute Gasteiger partial charge is 0.237 e. The van der Waals surface area contributed by atoms with Crippen molar-refractivity contribution < 1.29 is 9.59 Å². The van der Waals surface area contributed by atoms with E-state index in [0.717, 1.165) is 11.8 Å². The van der Waals surface area contributed by atoms with Crippen LogP contribution >= 0.6 is 46.6 Å². The number of rotatable bonds is 1. The first-order chi connectivity index (χ1) is 7.38. The van der Waals surface area contributed by atoms with Gasteiger partial charge in [0.05, 0.1) is 11.8 Å². The van der Waals surface area contributed by atoms with Crippen LogP contribution in [0.5, 0.6) is 0 Å². The number of carbonyl (C=O) groups excluding carboxylic acids is 2. The Morgan fingerprint density at radius 2 is 2.00 bits per heavy atom. The molecule has 0 radical (unpaired) electrons. The summed E-state index contributed by atoms with van der Waals surface area (Å²) in [6.45, 7) is 0. The maximum atomic E-state index is 11.6. The third-order valence-corrected chi connectivity index (χ3v) is 4.49. The summed E-state index contributed by atoms with van der Waals surface area (Å²) in [4.78, 5) is 23.0. The molecule has 88 valence electrons. The van der Waals surface area contributed by atoms with Gasteiger partial charge < -0.3 is 0 Å². The van der Waals surface area contributed by atoms with E-state index in [2.05, 4.69) is 5.32 Å². The predicted octanol–water partition coefficient (Wildman–Crippen LogP) is 2.26. The van der Waals surface area contributed by atoms with Gasteiger partial charge in [0.15, 0.2) is 0 Å². The van der Waals surface area contributed by atoms with Crippen molar-refractivity contribution in [2.45, 2.75) is 14.8 Å². The molecule has 3 unspecified atom stereocenters. The molecule has 0 saturated carbocycles. The largest absolute Gasteiger partial charge is 0.296 e. The summed E-state index contributed by atoms with van der Waals surface area (Å²) in [5, 5.41) is 2.13. The molecule has 1 aliphatic heterocycles. The lowest BCUT2D eigenvalue weighted by Gasteiger charge is -2.28. The zero-order valence-corrected chi connectivity index (χ0v) is 11.0. The number of carbonyl (C=O) groups is 2. The van der Waals surface area contributed by atoms with Crippen LogP contribution in [0.1, 0.15) is 6.42 Å². The molecule has 2 amide bonds. The molecule has 2 aliphatic rings. The van der Waals surface area contributed by atoms with Crippen LogP contribution in [-0.4, -0.2) is 20.2 Å². The summed E-state index contributed by atoms with van der Waals surface area (Å²) >= 11 is 18.2. The molecule has 0 aromatic rings. The van der Waals surface area contributed by atoms with Crippen molar-refractivity contribution in [1.82, 2.24) is 5.32 Å². The molecule has 7 heteroatoms. The summed E-state index contributed by atoms with van der Waals surface area (Å²) in [5.74, 6) is -1.36. The van der Waals surface area contributed by atoms with Gasteiger partial charge in [-0.05, 0) is 6.42 Å². The molecule has 1 fully saturated rings. The van der Waals surface area contributed by atoms with Crippen LogP contribution in [0.4, 0.5) is 0 Å². The molecule has 1 saturated heterocycles. The van der Waals surface area contributed by atoms with Crippen molar-refractivity contribution >= 4 is 58.4 Å². The number of imide groups is 1. The van der Waals surface area contributed by atoms with Crippen molar-refractivity contribution in [3.8, 4) is 0 Å². The maximum absolute atomic E-state index is 11.6. The molecule has 0 bridgehead atoms. The zero-order chi connectivity index (χ0) is 11.9. The fraction of sp³-hybridized carbons (Fsp3) is 0.556. The summed E-state index contributed by atoms with van der Waals surface area (Å²) < 4.78 is -1.47. The lowest BCUT2D eigenvalue weighted by Crippen LogP contribution is -2.32. The van der Waals surface area contributed by atoms with Crippen LogP contribution in [0, 0.1) is 11.8 Å². The number of amides is 2. The van der Waals surface area contributed by atoms with Crippen LogP contribution in [0.25, 0.3) is 0 Å². The number of thioether (sulfide) groups is 1. The van der Waals surface area contributed by atoms with Crippen molar-refractivity contribution in [3.05, 3.63) is 12.2 Å². The minimum atomic E-state index is -1.47. The Labute approximate surface area is 112 Å². The number of nitrogens with one attached hydrogen (secondary N) is 1. The minimum absolute atomic E-state index is 0.172. The zero-order valence-electron chi connectivity index (χ0n) is 7.95. The monoisotopic (exact) mass is 299 g/mol. The van der Waals surface area contributed by atoms with Gasteiger partial charge in [0.1, 0.15) is 0 Å². The van der Waals surface area contributed by atoms with Crippen molar-refractivity contribution in [2.24, 2.45) is 11.8 Å². The quantitative estimate of drug-likeness (QED) is 0.459. The molecule has 0 spiro atoms. The third-order valence-electron chi connectivity index (χ3n) is 2.64. The van der Waals surface area contributed by atoms with Gasteiger partial charge in [-0.1, -0.05) is 47.0 Å². The molecule has 2 rings (SSSR count). The van der Waals surface area contributed by atoms with E-state index >= 15 is 0 Å². The number of halogens is 3. The molecule has 3 atom stereocenters. The molecule has 0 aromatic heterocycles. The predicted molar refractivity (Wildman–Crippen MR) is 65.6 cm³/mol. The van der Waals surface area contributed by atoms with E-state index in [0.29, 0.717) is 6.42 Å². The van der Waals surface area contributed by atoms with Crippen LogP contribution in [0.15, 0.2) is 12.2 Å². The summed E-state index contributed by atoms with van der Waals surface area (Å²) in [6.07, 6.45) is 4.23. The van der Waals surface area contributed by atoms with Crippen LogP contribution in [0.2, 0.25) is 0 Å². The topological polar surface area (TPSA) is 46.2 Å². The highest BCUT2D eigenvalue weighted by molar-refractivity contribution is 8.05. The third kappa shape index (κ3) is 2.50. The first-order valence-electron chi connectivity index (χ1n) is 4.64. The maximum Gasteiger partial charge on any atom is 0.237 e. The van der Waals surface area contributed by atoms with Gasteiger partial charge in [0, 0.05) is 5.25 Å². The van der Waals surface area contributed by atoms with Gasteiger partial charge in [-0.3, -0.25) is 14.9 Å².